The summed E-state index contributed by atoms with van der Waals surface area (Å²) in [5, 5.41) is 9.74. The molecule has 4 heteroatoms. The van der Waals surface area contributed by atoms with Crippen molar-refractivity contribution in [3.63, 3.8) is 0 Å². The first-order valence-corrected chi connectivity index (χ1v) is 6.00. The number of rotatable bonds is 1. The molecule has 2 aliphatic rings. The van der Waals surface area contributed by atoms with Gasteiger partial charge in [0.1, 0.15) is 0 Å². The molecule has 3 heterocycles. The van der Waals surface area contributed by atoms with Gasteiger partial charge in [0.25, 0.3) is 0 Å². The minimum Gasteiger partial charge on any atom is -0.393 e. The third-order valence-corrected chi connectivity index (χ3v) is 3.72. The molecule has 86 valence electrons. The lowest BCUT2D eigenvalue weighted by atomic mass is 10.0. The SMILES string of the molecule is Cc1ccnc(N2C3CCC2CC(O)C3)n1. The fraction of sp³-hybridized carbons (Fsp3) is 0.667. The lowest BCUT2D eigenvalue weighted by Gasteiger charge is -2.37. The third kappa shape index (κ3) is 1.57. The number of aliphatic hydroxyl groups excluding tert-OH is 1. The van der Waals surface area contributed by atoms with Crippen LogP contribution >= 0.6 is 0 Å². The molecule has 1 aromatic rings. The van der Waals surface area contributed by atoms with Gasteiger partial charge in [-0.25, -0.2) is 9.97 Å². The fourth-order valence-electron chi connectivity index (χ4n) is 3.03. The molecule has 0 aliphatic carbocycles. The summed E-state index contributed by atoms with van der Waals surface area (Å²) in [4.78, 5) is 11.2. The zero-order valence-electron chi connectivity index (χ0n) is 9.50. The van der Waals surface area contributed by atoms with E-state index >= 15 is 0 Å². The standard InChI is InChI=1S/C12H17N3O/c1-8-4-5-13-12(14-8)15-9-2-3-10(15)7-11(16)6-9/h4-5,9-11,16H,2-3,6-7H2,1H3. The Morgan fingerprint density at radius 2 is 2.00 bits per heavy atom. The fourth-order valence-corrected chi connectivity index (χ4v) is 3.03. The van der Waals surface area contributed by atoms with E-state index in [2.05, 4.69) is 14.9 Å². The van der Waals surface area contributed by atoms with Crippen LogP contribution < -0.4 is 4.90 Å². The largest absolute Gasteiger partial charge is 0.393 e. The summed E-state index contributed by atoms with van der Waals surface area (Å²) in [5.74, 6) is 0.847. The van der Waals surface area contributed by atoms with Crippen LogP contribution in [0.4, 0.5) is 5.95 Å². The molecule has 1 aromatic heterocycles. The Balaban J connectivity index is 1.91. The summed E-state index contributed by atoms with van der Waals surface area (Å²) in [7, 11) is 0. The smallest absolute Gasteiger partial charge is 0.226 e. The molecule has 2 fully saturated rings. The maximum absolute atomic E-state index is 9.74. The molecule has 0 amide bonds. The van der Waals surface area contributed by atoms with Gasteiger partial charge in [0.05, 0.1) is 6.10 Å². The molecule has 0 radical (unpaired) electrons. The number of nitrogens with zero attached hydrogens (tertiary/aromatic N) is 3. The maximum atomic E-state index is 9.74. The second-order valence-electron chi connectivity index (χ2n) is 4.92. The van der Waals surface area contributed by atoms with Crippen molar-refractivity contribution in [2.75, 3.05) is 4.90 Å². The highest BCUT2D eigenvalue weighted by atomic mass is 16.3. The first-order valence-electron chi connectivity index (χ1n) is 6.00. The summed E-state index contributed by atoms with van der Waals surface area (Å²) < 4.78 is 0. The van der Waals surface area contributed by atoms with Crippen LogP contribution in [0.3, 0.4) is 0 Å². The van der Waals surface area contributed by atoms with Crippen molar-refractivity contribution in [1.29, 1.82) is 0 Å². The predicted octanol–water partition coefficient (Wildman–Crippen LogP) is 1.28. The van der Waals surface area contributed by atoms with Gasteiger partial charge in [0, 0.05) is 24.0 Å². The van der Waals surface area contributed by atoms with Crippen LogP contribution in [0.25, 0.3) is 0 Å². The topological polar surface area (TPSA) is 49.2 Å². The molecule has 2 saturated heterocycles. The van der Waals surface area contributed by atoms with Crippen LogP contribution in [-0.2, 0) is 0 Å². The van der Waals surface area contributed by atoms with Crippen LogP contribution in [0.2, 0.25) is 0 Å². The molecule has 0 spiro atoms. The number of piperidine rings is 1. The van der Waals surface area contributed by atoms with E-state index in [1.54, 1.807) is 0 Å². The highest BCUT2D eigenvalue weighted by molar-refractivity contribution is 5.37. The average molecular weight is 219 g/mol. The minimum atomic E-state index is -0.126. The molecule has 16 heavy (non-hydrogen) atoms. The number of fused-ring (bicyclic) bond motifs is 2. The van der Waals surface area contributed by atoms with Crippen molar-refractivity contribution >= 4 is 5.95 Å². The van der Waals surface area contributed by atoms with E-state index in [-0.39, 0.29) is 6.10 Å². The summed E-state index contributed by atoms with van der Waals surface area (Å²) in [5.41, 5.74) is 1.01. The second kappa shape index (κ2) is 3.70. The van der Waals surface area contributed by atoms with Crippen molar-refractivity contribution in [3.05, 3.63) is 18.0 Å². The van der Waals surface area contributed by atoms with Crippen LogP contribution in [0.1, 0.15) is 31.4 Å². The van der Waals surface area contributed by atoms with Crippen LogP contribution in [-0.4, -0.2) is 33.3 Å². The van der Waals surface area contributed by atoms with Gasteiger partial charge >= 0.3 is 0 Å². The quantitative estimate of drug-likeness (QED) is 0.773. The van der Waals surface area contributed by atoms with Crippen molar-refractivity contribution in [3.8, 4) is 0 Å². The predicted molar refractivity (Wildman–Crippen MR) is 61.3 cm³/mol. The zero-order valence-corrected chi connectivity index (χ0v) is 9.50. The number of aliphatic hydroxyl groups is 1. The second-order valence-corrected chi connectivity index (χ2v) is 4.92. The molecule has 0 saturated carbocycles. The minimum absolute atomic E-state index is 0.126. The molecule has 3 rings (SSSR count). The molecule has 2 aliphatic heterocycles. The number of aryl methyl sites for hydroxylation is 1. The van der Waals surface area contributed by atoms with E-state index in [4.69, 9.17) is 0 Å². The van der Waals surface area contributed by atoms with Gasteiger partial charge in [0.2, 0.25) is 5.95 Å². The van der Waals surface area contributed by atoms with E-state index in [0.29, 0.717) is 12.1 Å². The Kier molecular flexibility index (Phi) is 2.32. The molecule has 2 atom stereocenters. The number of hydrogen-bond acceptors (Lipinski definition) is 4. The highest BCUT2D eigenvalue weighted by Gasteiger charge is 2.41. The first-order chi connectivity index (χ1) is 7.74. The normalized spacial score (nSPS) is 33.1. The Hall–Kier alpha value is -1.16. The maximum Gasteiger partial charge on any atom is 0.226 e. The summed E-state index contributed by atoms with van der Waals surface area (Å²) >= 11 is 0. The molecular weight excluding hydrogens is 202 g/mol. The van der Waals surface area contributed by atoms with Crippen LogP contribution in [0.5, 0.6) is 0 Å². The summed E-state index contributed by atoms with van der Waals surface area (Å²) in [6, 6.07) is 2.80. The van der Waals surface area contributed by atoms with Gasteiger partial charge in [-0.05, 0) is 38.7 Å². The highest BCUT2D eigenvalue weighted by Crippen LogP contribution is 2.37. The molecule has 2 bridgehead atoms. The monoisotopic (exact) mass is 219 g/mol. The van der Waals surface area contributed by atoms with E-state index in [0.717, 1.165) is 24.5 Å². The van der Waals surface area contributed by atoms with E-state index in [1.165, 1.54) is 12.8 Å². The Morgan fingerprint density at radius 1 is 1.31 bits per heavy atom. The summed E-state index contributed by atoms with van der Waals surface area (Å²) in [6.07, 6.45) is 5.76. The molecule has 2 unspecified atom stereocenters. The van der Waals surface area contributed by atoms with Crippen molar-refractivity contribution < 1.29 is 5.11 Å². The van der Waals surface area contributed by atoms with Gasteiger partial charge in [0.15, 0.2) is 0 Å². The average Bonchev–Trinajstić information content (AvgIpc) is 2.51. The lowest BCUT2D eigenvalue weighted by molar-refractivity contribution is 0.125. The van der Waals surface area contributed by atoms with Gasteiger partial charge in [-0.3, -0.25) is 0 Å². The number of anilines is 1. The van der Waals surface area contributed by atoms with Crippen molar-refractivity contribution in [1.82, 2.24) is 9.97 Å². The zero-order chi connectivity index (χ0) is 11.1. The third-order valence-electron chi connectivity index (χ3n) is 3.72. The van der Waals surface area contributed by atoms with Gasteiger partial charge in [-0.15, -0.1) is 0 Å². The van der Waals surface area contributed by atoms with E-state index < -0.39 is 0 Å². The van der Waals surface area contributed by atoms with Gasteiger partial charge in [-0.1, -0.05) is 0 Å². The summed E-state index contributed by atoms with van der Waals surface area (Å²) in [6.45, 7) is 1.99. The van der Waals surface area contributed by atoms with Crippen LogP contribution in [0, 0.1) is 6.92 Å². The molecule has 4 nitrogen and oxygen atoms in total. The number of aromatic nitrogens is 2. The Morgan fingerprint density at radius 3 is 2.62 bits per heavy atom. The van der Waals surface area contributed by atoms with E-state index in [9.17, 15) is 5.11 Å². The van der Waals surface area contributed by atoms with Gasteiger partial charge in [-0.2, -0.15) is 0 Å². The van der Waals surface area contributed by atoms with Crippen molar-refractivity contribution in [2.24, 2.45) is 0 Å². The molecule has 0 aromatic carbocycles. The Bertz CT molecular complexity index is 382. The lowest BCUT2D eigenvalue weighted by Crippen LogP contribution is -2.45. The van der Waals surface area contributed by atoms with Crippen molar-refractivity contribution in [2.45, 2.75) is 50.8 Å². The van der Waals surface area contributed by atoms with E-state index in [1.807, 2.05) is 19.2 Å². The molecule has 1 N–H and O–H groups in total. The molecular formula is C12H17N3O. The van der Waals surface area contributed by atoms with Crippen LogP contribution in [0.15, 0.2) is 12.3 Å². The Labute approximate surface area is 95.3 Å². The first kappa shape index (κ1) is 10.0. The number of hydrogen-bond donors (Lipinski definition) is 1. The van der Waals surface area contributed by atoms with Gasteiger partial charge < -0.3 is 10.0 Å².